The maximum absolute atomic E-state index is 14.7. The molecule has 1 aromatic carbocycles. The van der Waals surface area contributed by atoms with Crippen LogP contribution in [0.2, 0.25) is 0 Å². The van der Waals surface area contributed by atoms with Crippen LogP contribution in [-0.4, -0.2) is 43.6 Å². The molecule has 0 aliphatic heterocycles. The van der Waals surface area contributed by atoms with E-state index in [1.54, 1.807) is 20.8 Å². The van der Waals surface area contributed by atoms with Gasteiger partial charge < -0.3 is 9.64 Å². The van der Waals surface area contributed by atoms with Crippen LogP contribution in [0.3, 0.4) is 0 Å². The molecule has 29 heavy (non-hydrogen) atoms. The van der Waals surface area contributed by atoms with E-state index in [-0.39, 0.29) is 29.5 Å². The maximum Gasteiger partial charge on any atom is 0.410 e. The molecule has 1 aromatic heterocycles. The van der Waals surface area contributed by atoms with E-state index >= 15 is 0 Å². The Labute approximate surface area is 165 Å². The van der Waals surface area contributed by atoms with Crippen LogP contribution >= 0.6 is 0 Å². The van der Waals surface area contributed by atoms with Crippen LogP contribution in [0.4, 0.5) is 19.3 Å². The van der Waals surface area contributed by atoms with Crippen molar-refractivity contribution in [3.05, 3.63) is 39.6 Å². The SMILES string of the molecule is CN(Cc1nn(C2CC2)nc1-c1cc(F)cc([N+](=O)[O-])c1F)C(=O)OC(C)(C)C. The van der Waals surface area contributed by atoms with E-state index in [1.807, 2.05) is 0 Å². The minimum atomic E-state index is -1.21. The molecule has 0 atom stereocenters. The Hall–Kier alpha value is -3.11. The number of carbonyl (C=O) groups excluding carboxylic acids is 1. The summed E-state index contributed by atoms with van der Waals surface area (Å²) in [5.41, 5.74) is -1.95. The van der Waals surface area contributed by atoms with Gasteiger partial charge in [-0.2, -0.15) is 19.4 Å². The van der Waals surface area contributed by atoms with Crippen molar-refractivity contribution in [2.75, 3.05) is 7.05 Å². The number of nitrogens with zero attached hydrogens (tertiary/aromatic N) is 5. The molecule has 1 saturated carbocycles. The van der Waals surface area contributed by atoms with E-state index in [0.29, 0.717) is 6.07 Å². The Kier molecular flexibility index (Phi) is 5.24. The predicted octanol–water partition coefficient (Wildman–Crippen LogP) is 3.83. The Morgan fingerprint density at radius 1 is 1.34 bits per heavy atom. The van der Waals surface area contributed by atoms with Crippen LogP contribution in [0, 0.1) is 21.7 Å². The monoisotopic (exact) mass is 409 g/mol. The van der Waals surface area contributed by atoms with Gasteiger partial charge >= 0.3 is 11.8 Å². The summed E-state index contributed by atoms with van der Waals surface area (Å²) < 4.78 is 33.9. The molecule has 1 fully saturated rings. The van der Waals surface area contributed by atoms with Gasteiger partial charge in [0.05, 0.1) is 23.6 Å². The molecule has 0 spiro atoms. The lowest BCUT2D eigenvalue weighted by Gasteiger charge is -2.24. The summed E-state index contributed by atoms with van der Waals surface area (Å²) in [7, 11) is 1.47. The second kappa shape index (κ2) is 7.37. The van der Waals surface area contributed by atoms with Gasteiger partial charge in [-0.05, 0) is 39.7 Å². The molecule has 0 saturated heterocycles. The summed E-state index contributed by atoms with van der Waals surface area (Å²) >= 11 is 0. The maximum atomic E-state index is 14.7. The van der Waals surface area contributed by atoms with Crippen molar-refractivity contribution in [1.82, 2.24) is 19.9 Å². The molecule has 11 heteroatoms. The fourth-order valence-corrected chi connectivity index (χ4v) is 2.65. The quantitative estimate of drug-likeness (QED) is 0.549. The number of nitro benzene ring substituents is 1. The third-order valence-corrected chi connectivity index (χ3v) is 4.13. The van der Waals surface area contributed by atoms with Gasteiger partial charge in [-0.3, -0.25) is 10.1 Å². The Balaban J connectivity index is 2.00. The number of hydrogen-bond donors (Lipinski definition) is 0. The normalized spacial score (nSPS) is 14.0. The molecule has 9 nitrogen and oxygen atoms in total. The van der Waals surface area contributed by atoms with Crippen molar-refractivity contribution in [2.45, 2.75) is 51.8 Å². The lowest BCUT2D eigenvalue weighted by molar-refractivity contribution is -0.387. The summed E-state index contributed by atoms with van der Waals surface area (Å²) in [5, 5.41) is 19.6. The largest absolute Gasteiger partial charge is 0.444 e. The second-order valence-electron chi connectivity index (χ2n) is 7.93. The highest BCUT2D eigenvalue weighted by molar-refractivity contribution is 5.69. The average Bonchev–Trinajstić information content (AvgIpc) is 3.36. The number of nitro groups is 1. The van der Waals surface area contributed by atoms with Gasteiger partial charge in [-0.15, -0.1) is 0 Å². The van der Waals surface area contributed by atoms with Gasteiger partial charge in [0.2, 0.25) is 5.82 Å². The van der Waals surface area contributed by atoms with Gasteiger partial charge in [-0.1, -0.05) is 0 Å². The number of aromatic nitrogens is 3. The highest BCUT2D eigenvalue weighted by Gasteiger charge is 2.31. The number of amides is 1. The average molecular weight is 409 g/mol. The molecule has 1 aliphatic rings. The van der Waals surface area contributed by atoms with E-state index in [9.17, 15) is 23.7 Å². The highest BCUT2D eigenvalue weighted by atomic mass is 19.1. The van der Waals surface area contributed by atoms with Crippen molar-refractivity contribution < 1.29 is 23.2 Å². The summed E-state index contributed by atoms with van der Waals surface area (Å²) in [6, 6.07) is 1.37. The lowest BCUT2D eigenvalue weighted by Crippen LogP contribution is -2.34. The first kappa shape index (κ1) is 20.6. The van der Waals surface area contributed by atoms with E-state index in [0.717, 1.165) is 18.9 Å². The Morgan fingerprint density at radius 3 is 2.55 bits per heavy atom. The second-order valence-corrected chi connectivity index (χ2v) is 7.93. The van der Waals surface area contributed by atoms with E-state index < -0.39 is 33.9 Å². The molecular weight excluding hydrogens is 388 g/mol. The molecule has 0 radical (unpaired) electrons. The van der Waals surface area contributed by atoms with Crippen molar-refractivity contribution in [3.8, 4) is 11.3 Å². The van der Waals surface area contributed by atoms with Crippen LogP contribution in [-0.2, 0) is 11.3 Å². The molecule has 0 N–H and O–H groups in total. The molecule has 156 valence electrons. The first-order chi connectivity index (χ1) is 13.5. The Morgan fingerprint density at radius 2 is 2.00 bits per heavy atom. The fourth-order valence-electron chi connectivity index (χ4n) is 2.65. The zero-order valence-electron chi connectivity index (χ0n) is 16.5. The number of hydrogen-bond acceptors (Lipinski definition) is 6. The van der Waals surface area contributed by atoms with E-state index in [4.69, 9.17) is 4.74 Å². The number of carbonyl (C=O) groups is 1. The topological polar surface area (TPSA) is 103 Å². The van der Waals surface area contributed by atoms with Crippen LogP contribution in [0.25, 0.3) is 11.3 Å². The lowest BCUT2D eigenvalue weighted by atomic mass is 10.1. The third-order valence-electron chi connectivity index (χ3n) is 4.13. The van der Waals surface area contributed by atoms with Crippen molar-refractivity contribution in [3.63, 3.8) is 0 Å². The van der Waals surface area contributed by atoms with Crippen molar-refractivity contribution in [2.24, 2.45) is 0 Å². The number of rotatable bonds is 5. The molecule has 1 heterocycles. The summed E-state index contributed by atoms with van der Waals surface area (Å²) in [5.74, 6) is -2.18. The first-order valence-electron chi connectivity index (χ1n) is 9.00. The highest BCUT2D eigenvalue weighted by Crippen LogP contribution is 2.36. The van der Waals surface area contributed by atoms with Gasteiger partial charge in [0, 0.05) is 12.6 Å². The van der Waals surface area contributed by atoms with Gasteiger partial charge in [0.25, 0.3) is 0 Å². The van der Waals surface area contributed by atoms with E-state index in [1.165, 1.54) is 16.7 Å². The molecule has 2 aromatic rings. The Bertz CT molecular complexity index is 966. The summed E-state index contributed by atoms with van der Waals surface area (Å²) in [4.78, 5) is 24.9. The minimum Gasteiger partial charge on any atom is -0.444 e. The number of ether oxygens (including phenoxy) is 1. The van der Waals surface area contributed by atoms with Gasteiger partial charge in [-0.25, -0.2) is 9.18 Å². The standard InChI is InChI=1S/C18H21F2N5O4/c1-18(2,3)29-17(26)23(4)9-13-16(22-24(21-13)11-5-6-11)12-7-10(19)8-14(15(12)20)25(27)28/h7-8,11H,5-6,9H2,1-4H3. The summed E-state index contributed by atoms with van der Waals surface area (Å²) in [6.07, 6.45) is 1.04. The smallest absolute Gasteiger partial charge is 0.410 e. The van der Waals surface area contributed by atoms with Gasteiger partial charge in [0.1, 0.15) is 22.8 Å². The van der Waals surface area contributed by atoms with Crippen molar-refractivity contribution >= 4 is 11.8 Å². The van der Waals surface area contributed by atoms with Crippen LogP contribution in [0.15, 0.2) is 12.1 Å². The zero-order chi connectivity index (χ0) is 21.5. The van der Waals surface area contributed by atoms with Crippen LogP contribution < -0.4 is 0 Å². The first-order valence-corrected chi connectivity index (χ1v) is 9.00. The zero-order valence-corrected chi connectivity index (χ0v) is 16.5. The molecule has 3 rings (SSSR count). The molecular formula is C18H21F2N5O4. The predicted molar refractivity (Wildman–Crippen MR) is 98.0 cm³/mol. The fraction of sp³-hybridized carbons (Fsp3) is 0.500. The van der Waals surface area contributed by atoms with Crippen molar-refractivity contribution in [1.29, 1.82) is 0 Å². The third kappa shape index (κ3) is 4.66. The van der Waals surface area contributed by atoms with Crippen LogP contribution in [0.5, 0.6) is 0 Å². The minimum absolute atomic E-state index is 0.0286. The number of benzene rings is 1. The van der Waals surface area contributed by atoms with Gasteiger partial charge in [0.15, 0.2) is 0 Å². The van der Waals surface area contributed by atoms with E-state index in [2.05, 4.69) is 10.2 Å². The molecule has 0 bridgehead atoms. The van der Waals surface area contributed by atoms with Crippen LogP contribution in [0.1, 0.15) is 45.3 Å². The molecule has 1 amide bonds. The summed E-state index contributed by atoms with van der Waals surface area (Å²) in [6.45, 7) is 5.05. The molecule has 1 aliphatic carbocycles. The number of halogens is 2. The molecule has 0 unspecified atom stereocenters.